The molecule has 0 radical (unpaired) electrons. The van der Waals surface area contributed by atoms with Crippen molar-refractivity contribution in [3.05, 3.63) is 42.5 Å². The minimum absolute atomic E-state index is 0.533. The van der Waals surface area contributed by atoms with Crippen LogP contribution in [0.2, 0.25) is 0 Å². The number of piperidine rings is 1. The van der Waals surface area contributed by atoms with Crippen LogP contribution in [-0.4, -0.2) is 41.7 Å². The molecule has 0 aliphatic carbocycles. The summed E-state index contributed by atoms with van der Waals surface area (Å²) in [6, 6.07) is 8.11. The van der Waals surface area contributed by atoms with E-state index >= 15 is 0 Å². The van der Waals surface area contributed by atoms with Gasteiger partial charge in [-0.3, -0.25) is 4.57 Å². The maximum absolute atomic E-state index is 5.47. The SMILES string of the molecule is COc1ccccc1-n1ccnc1C1CCN(C)CC1. The van der Waals surface area contributed by atoms with Crippen molar-refractivity contribution in [2.75, 3.05) is 27.2 Å². The summed E-state index contributed by atoms with van der Waals surface area (Å²) in [6.07, 6.45) is 6.26. The minimum atomic E-state index is 0.533. The predicted octanol–water partition coefficient (Wildman–Crippen LogP) is 2.69. The first-order valence-corrected chi connectivity index (χ1v) is 7.15. The predicted molar refractivity (Wildman–Crippen MR) is 79.6 cm³/mol. The molecule has 0 unspecified atom stereocenters. The Balaban J connectivity index is 1.94. The van der Waals surface area contributed by atoms with Crippen LogP contribution in [0.4, 0.5) is 0 Å². The van der Waals surface area contributed by atoms with Crippen molar-refractivity contribution in [1.82, 2.24) is 14.5 Å². The molecule has 0 spiro atoms. The average Bonchev–Trinajstić information content (AvgIpc) is 2.97. The summed E-state index contributed by atoms with van der Waals surface area (Å²) in [5, 5.41) is 0. The molecule has 0 atom stereocenters. The van der Waals surface area contributed by atoms with Crippen molar-refractivity contribution in [3.8, 4) is 11.4 Å². The van der Waals surface area contributed by atoms with Gasteiger partial charge in [0, 0.05) is 18.3 Å². The number of hydrogen-bond acceptors (Lipinski definition) is 3. The summed E-state index contributed by atoms with van der Waals surface area (Å²) in [7, 11) is 3.90. The lowest BCUT2D eigenvalue weighted by molar-refractivity contribution is 0.250. The first-order chi connectivity index (χ1) is 9.79. The summed E-state index contributed by atoms with van der Waals surface area (Å²) < 4.78 is 7.65. The van der Waals surface area contributed by atoms with Gasteiger partial charge in [0.1, 0.15) is 11.6 Å². The largest absolute Gasteiger partial charge is 0.495 e. The quantitative estimate of drug-likeness (QED) is 0.860. The van der Waals surface area contributed by atoms with Gasteiger partial charge in [-0.05, 0) is 45.1 Å². The molecule has 1 aliphatic rings. The van der Waals surface area contributed by atoms with Gasteiger partial charge in [0.2, 0.25) is 0 Å². The van der Waals surface area contributed by atoms with Gasteiger partial charge in [0.15, 0.2) is 0 Å². The van der Waals surface area contributed by atoms with Crippen LogP contribution in [0.15, 0.2) is 36.7 Å². The third-order valence-electron chi connectivity index (χ3n) is 4.10. The van der Waals surface area contributed by atoms with E-state index in [1.54, 1.807) is 7.11 Å². The highest BCUT2D eigenvalue weighted by molar-refractivity contribution is 5.47. The van der Waals surface area contributed by atoms with Gasteiger partial charge in [-0.25, -0.2) is 4.98 Å². The maximum atomic E-state index is 5.47. The lowest BCUT2D eigenvalue weighted by atomic mass is 9.96. The topological polar surface area (TPSA) is 30.3 Å². The van der Waals surface area contributed by atoms with Crippen molar-refractivity contribution in [2.24, 2.45) is 0 Å². The monoisotopic (exact) mass is 271 g/mol. The van der Waals surface area contributed by atoms with Crippen molar-refractivity contribution < 1.29 is 4.74 Å². The molecule has 2 heterocycles. The second kappa shape index (κ2) is 5.67. The van der Waals surface area contributed by atoms with E-state index in [-0.39, 0.29) is 0 Å². The summed E-state index contributed by atoms with van der Waals surface area (Å²) >= 11 is 0. The molecule has 1 saturated heterocycles. The fourth-order valence-corrected chi connectivity index (χ4v) is 2.92. The summed E-state index contributed by atoms with van der Waals surface area (Å²) in [4.78, 5) is 6.99. The number of aromatic nitrogens is 2. The molecule has 0 saturated carbocycles. The molecule has 0 N–H and O–H groups in total. The van der Waals surface area contributed by atoms with Crippen LogP contribution < -0.4 is 4.74 Å². The second-order valence-electron chi connectivity index (χ2n) is 5.40. The first kappa shape index (κ1) is 13.2. The van der Waals surface area contributed by atoms with E-state index < -0.39 is 0 Å². The van der Waals surface area contributed by atoms with Gasteiger partial charge >= 0.3 is 0 Å². The lowest BCUT2D eigenvalue weighted by Crippen LogP contribution is -2.30. The second-order valence-corrected chi connectivity index (χ2v) is 5.40. The van der Waals surface area contributed by atoms with Crippen molar-refractivity contribution >= 4 is 0 Å². The summed E-state index contributed by atoms with van der Waals surface area (Å²) in [5.41, 5.74) is 1.07. The van der Waals surface area contributed by atoms with Crippen LogP contribution in [0, 0.1) is 0 Å². The molecule has 1 fully saturated rings. The number of likely N-dealkylation sites (tertiary alicyclic amines) is 1. The molecule has 0 bridgehead atoms. The molecule has 1 aromatic carbocycles. The third-order valence-corrected chi connectivity index (χ3v) is 4.10. The Labute approximate surface area is 120 Å². The number of benzene rings is 1. The van der Waals surface area contributed by atoms with Crippen LogP contribution in [-0.2, 0) is 0 Å². The Morgan fingerprint density at radius 1 is 1.20 bits per heavy atom. The first-order valence-electron chi connectivity index (χ1n) is 7.15. The zero-order valence-corrected chi connectivity index (χ0v) is 12.1. The van der Waals surface area contributed by atoms with E-state index in [1.165, 1.54) is 12.8 Å². The van der Waals surface area contributed by atoms with Crippen LogP contribution >= 0.6 is 0 Å². The Kier molecular flexibility index (Phi) is 3.74. The zero-order chi connectivity index (χ0) is 13.9. The molecule has 4 nitrogen and oxygen atoms in total. The molecule has 2 aromatic rings. The number of imidazole rings is 1. The van der Waals surface area contributed by atoms with E-state index in [2.05, 4.69) is 27.6 Å². The number of ether oxygens (including phenoxy) is 1. The number of nitrogens with zero attached hydrogens (tertiary/aromatic N) is 3. The summed E-state index contributed by atoms with van der Waals surface area (Å²) in [5.74, 6) is 2.58. The molecule has 4 heteroatoms. The van der Waals surface area contributed by atoms with Gasteiger partial charge in [-0.2, -0.15) is 0 Å². The molecule has 1 aromatic heterocycles. The summed E-state index contributed by atoms with van der Waals surface area (Å²) in [6.45, 7) is 2.28. The van der Waals surface area contributed by atoms with E-state index in [4.69, 9.17) is 4.74 Å². The van der Waals surface area contributed by atoms with Gasteiger partial charge < -0.3 is 9.64 Å². The van der Waals surface area contributed by atoms with Crippen molar-refractivity contribution in [2.45, 2.75) is 18.8 Å². The van der Waals surface area contributed by atoms with Crippen LogP contribution in [0.25, 0.3) is 5.69 Å². The standard InChI is InChI=1S/C16H21N3O/c1-18-10-7-13(8-11-18)16-17-9-12-19(16)14-5-3-4-6-15(14)20-2/h3-6,9,12-13H,7-8,10-11H2,1-2H3. The normalized spacial score (nSPS) is 17.3. The van der Waals surface area contributed by atoms with Gasteiger partial charge in [-0.1, -0.05) is 12.1 Å². The molecular formula is C16H21N3O. The molecule has 1 aliphatic heterocycles. The number of hydrogen-bond donors (Lipinski definition) is 0. The minimum Gasteiger partial charge on any atom is -0.495 e. The van der Waals surface area contributed by atoms with E-state index in [1.807, 2.05) is 30.6 Å². The van der Waals surface area contributed by atoms with E-state index in [0.29, 0.717) is 5.92 Å². The van der Waals surface area contributed by atoms with Crippen molar-refractivity contribution in [1.29, 1.82) is 0 Å². The van der Waals surface area contributed by atoms with Crippen molar-refractivity contribution in [3.63, 3.8) is 0 Å². The van der Waals surface area contributed by atoms with Crippen LogP contribution in [0.1, 0.15) is 24.6 Å². The maximum Gasteiger partial charge on any atom is 0.142 e. The molecule has 3 rings (SSSR count). The fourth-order valence-electron chi connectivity index (χ4n) is 2.92. The highest BCUT2D eigenvalue weighted by atomic mass is 16.5. The van der Waals surface area contributed by atoms with Crippen LogP contribution in [0.5, 0.6) is 5.75 Å². The number of para-hydroxylation sites is 2. The fraction of sp³-hybridized carbons (Fsp3) is 0.438. The average molecular weight is 271 g/mol. The highest BCUT2D eigenvalue weighted by Crippen LogP contribution is 2.30. The molecule has 20 heavy (non-hydrogen) atoms. The lowest BCUT2D eigenvalue weighted by Gasteiger charge is -2.29. The Morgan fingerprint density at radius 3 is 2.70 bits per heavy atom. The Hall–Kier alpha value is -1.81. The van der Waals surface area contributed by atoms with E-state index in [0.717, 1.165) is 30.4 Å². The van der Waals surface area contributed by atoms with Crippen LogP contribution in [0.3, 0.4) is 0 Å². The van der Waals surface area contributed by atoms with Gasteiger partial charge in [-0.15, -0.1) is 0 Å². The molecule has 106 valence electrons. The zero-order valence-electron chi connectivity index (χ0n) is 12.1. The number of methoxy groups -OCH3 is 1. The molecular weight excluding hydrogens is 250 g/mol. The van der Waals surface area contributed by atoms with Gasteiger partial charge in [0.05, 0.1) is 12.8 Å². The Bertz CT molecular complexity index is 571. The molecule has 0 amide bonds. The number of rotatable bonds is 3. The Morgan fingerprint density at radius 2 is 1.95 bits per heavy atom. The smallest absolute Gasteiger partial charge is 0.142 e. The highest BCUT2D eigenvalue weighted by Gasteiger charge is 2.23. The van der Waals surface area contributed by atoms with Gasteiger partial charge in [0.25, 0.3) is 0 Å². The third kappa shape index (κ3) is 2.43. The van der Waals surface area contributed by atoms with E-state index in [9.17, 15) is 0 Å².